The predicted molar refractivity (Wildman–Crippen MR) is 112 cm³/mol. The quantitative estimate of drug-likeness (QED) is 0.423. The average molecular weight is 418 g/mol. The minimum atomic E-state index is -0.211. The van der Waals surface area contributed by atoms with Crippen LogP contribution in [0.25, 0.3) is 11.3 Å². The molecule has 3 rings (SSSR count). The Labute approximate surface area is 172 Å². The SMILES string of the molecule is COc1cccc(C(=O)NCCSc2ncc(-c3ccc(Cl)cc3)[nH]2)c1OC. The molecule has 0 atom stereocenters. The zero-order valence-corrected chi connectivity index (χ0v) is 17.1. The maximum atomic E-state index is 12.4. The van der Waals surface area contributed by atoms with Crippen LogP contribution in [0.1, 0.15) is 10.4 Å². The van der Waals surface area contributed by atoms with Crippen molar-refractivity contribution in [1.29, 1.82) is 0 Å². The van der Waals surface area contributed by atoms with Crippen LogP contribution in [0.2, 0.25) is 5.02 Å². The van der Waals surface area contributed by atoms with E-state index in [1.807, 2.05) is 24.3 Å². The van der Waals surface area contributed by atoms with Gasteiger partial charge in [0, 0.05) is 17.3 Å². The van der Waals surface area contributed by atoms with Crippen molar-refractivity contribution in [3.05, 3.63) is 59.2 Å². The highest BCUT2D eigenvalue weighted by Crippen LogP contribution is 2.30. The Morgan fingerprint density at radius 2 is 1.96 bits per heavy atom. The number of nitrogens with zero attached hydrogens (tertiary/aromatic N) is 1. The zero-order valence-electron chi connectivity index (χ0n) is 15.5. The summed E-state index contributed by atoms with van der Waals surface area (Å²) in [6.45, 7) is 0.487. The lowest BCUT2D eigenvalue weighted by Crippen LogP contribution is -2.26. The normalized spacial score (nSPS) is 10.5. The molecule has 0 aliphatic heterocycles. The number of aromatic nitrogens is 2. The molecule has 1 aromatic heterocycles. The first-order valence-corrected chi connectivity index (χ1v) is 9.91. The lowest BCUT2D eigenvalue weighted by Gasteiger charge is -2.12. The van der Waals surface area contributed by atoms with Gasteiger partial charge in [-0.05, 0) is 29.8 Å². The Hall–Kier alpha value is -2.64. The van der Waals surface area contributed by atoms with Crippen LogP contribution in [0.3, 0.4) is 0 Å². The number of halogens is 1. The molecule has 0 unspecified atom stereocenters. The third-order valence-electron chi connectivity index (χ3n) is 3.98. The number of amides is 1. The van der Waals surface area contributed by atoms with Gasteiger partial charge >= 0.3 is 0 Å². The number of nitrogens with one attached hydrogen (secondary N) is 2. The predicted octanol–water partition coefficient (Wildman–Crippen LogP) is 4.27. The van der Waals surface area contributed by atoms with E-state index in [1.54, 1.807) is 24.4 Å². The van der Waals surface area contributed by atoms with Crippen LogP contribution in [-0.2, 0) is 0 Å². The first kappa shape index (κ1) is 20.1. The van der Waals surface area contributed by atoms with Gasteiger partial charge in [-0.1, -0.05) is 41.6 Å². The number of para-hydroxylation sites is 1. The summed E-state index contributed by atoms with van der Waals surface area (Å²) in [5, 5.41) is 4.37. The van der Waals surface area contributed by atoms with Gasteiger partial charge in [0.2, 0.25) is 0 Å². The summed E-state index contributed by atoms with van der Waals surface area (Å²) < 4.78 is 10.5. The lowest BCUT2D eigenvalue weighted by molar-refractivity contribution is 0.0952. The van der Waals surface area contributed by atoms with E-state index in [4.69, 9.17) is 21.1 Å². The van der Waals surface area contributed by atoms with Crippen LogP contribution in [0, 0.1) is 0 Å². The van der Waals surface area contributed by atoms with Gasteiger partial charge < -0.3 is 19.8 Å². The molecule has 0 fully saturated rings. The molecule has 0 aliphatic rings. The van der Waals surface area contributed by atoms with Gasteiger partial charge in [-0.25, -0.2) is 4.98 Å². The monoisotopic (exact) mass is 417 g/mol. The Morgan fingerprint density at radius 3 is 2.68 bits per heavy atom. The molecule has 8 heteroatoms. The summed E-state index contributed by atoms with van der Waals surface area (Å²) in [5.41, 5.74) is 2.38. The van der Waals surface area contributed by atoms with Crippen molar-refractivity contribution in [2.75, 3.05) is 26.5 Å². The minimum absolute atomic E-state index is 0.211. The van der Waals surface area contributed by atoms with Crippen LogP contribution in [-0.4, -0.2) is 42.4 Å². The summed E-state index contributed by atoms with van der Waals surface area (Å²) in [5.74, 6) is 1.41. The first-order chi connectivity index (χ1) is 13.6. The standard InChI is InChI=1S/C20H20ClN3O3S/c1-26-17-5-3-4-15(18(17)27-2)19(25)22-10-11-28-20-23-12-16(24-20)13-6-8-14(21)9-7-13/h3-9,12H,10-11H2,1-2H3,(H,22,25)(H,23,24). The second kappa shape index (κ2) is 9.52. The van der Waals surface area contributed by atoms with Crippen LogP contribution < -0.4 is 14.8 Å². The van der Waals surface area contributed by atoms with E-state index in [9.17, 15) is 4.79 Å². The fraction of sp³-hybridized carbons (Fsp3) is 0.200. The van der Waals surface area contributed by atoms with Gasteiger partial charge in [-0.2, -0.15) is 0 Å². The number of imidazole rings is 1. The molecule has 0 bridgehead atoms. The zero-order chi connectivity index (χ0) is 19.9. The van der Waals surface area contributed by atoms with E-state index >= 15 is 0 Å². The number of benzene rings is 2. The number of carbonyl (C=O) groups excluding carboxylic acids is 1. The van der Waals surface area contributed by atoms with Gasteiger partial charge in [0.05, 0.1) is 31.7 Å². The lowest BCUT2D eigenvalue weighted by atomic mass is 10.1. The van der Waals surface area contributed by atoms with Crippen molar-refractivity contribution in [2.45, 2.75) is 5.16 Å². The number of aromatic amines is 1. The number of thioether (sulfide) groups is 1. The third kappa shape index (κ3) is 4.79. The largest absolute Gasteiger partial charge is 0.493 e. The van der Waals surface area contributed by atoms with Crippen LogP contribution in [0.5, 0.6) is 11.5 Å². The maximum absolute atomic E-state index is 12.4. The van der Waals surface area contributed by atoms with Crippen molar-refractivity contribution in [3.8, 4) is 22.8 Å². The van der Waals surface area contributed by atoms with Gasteiger partial charge in [-0.3, -0.25) is 4.79 Å². The van der Waals surface area contributed by atoms with Crippen molar-refractivity contribution >= 4 is 29.3 Å². The van der Waals surface area contributed by atoms with E-state index in [-0.39, 0.29) is 5.91 Å². The molecule has 1 heterocycles. The van der Waals surface area contributed by atoms with Crippen molar-refractivity contribution in [3.63, 3.8) is 0 Å². The number of hydrogen-bond donors (Lipinski definition) is 2. The van der Waals surface area contributed by atoms with E-state index in [0.29, 0.717) is 34.4 Å². The Balaban J connectivity index is 1.52. The summed E-state index contributed by atoms with van der Waals surface area (Å²) in [6.07, 6.45) is 1.78. The molecule has 1 amide bonds. The number of hydrogen-bond acceptors (Lipinski definition) is 5. The number of H-pyrrole nitrogens is 1. The molecular weight excluding hydrogens is 398 g/mol. The Bertz CT molecular complexity index is 944. The third-order valence-corrected chi connectivity index (χ3v) is 5.12. The molecule has 0 saturated carbocycles. The van der Waals surface area contributed by atoms with Gasteiger partial charge in [0.15, 0.2) is 16.7 Å². The fourth-order valence-electron chi connectivity index (χ4n) is 2.63. The summed E-state index contributed by atoms with van der Waals surface area (Å²) in [7, 11) is 3.05. The summed E-state index contributed by atoms with van der Waals surface area (Å²) in [4.78, 5) is 20.1. The second-order valence-corrected chi connectivity index (χ2v) is 7.27. The topological polar surface area (TPSA) is 76.2 Å². The van der Waals surface area contributed by atoms with E-state index < -0.39 is 0 Å². The van der Waals surface area contributed by atoms with Crippen molar-refractivity contribution < 1.29 is 14.3 Å². The first-order valence-electron chi connectivity index (χ1n) is 8.55. The average Bonchev–Trinajstić information content (AvgIpc) is 3.19. The van der Waals surface area contributed by atoms with Gasteiger partial charge in [-0.15, -0.1) is 0 Å². The minimum Gasteiger partial charge on any atom is -0.493 e. The number of ether oxygens (including phenoxy) is 2. The molecule has 2 N–H and O–H groups in total. The summed E-state index contributed by atoms with van der Waals surface area (Å²) >= 11 is 7.45. The number of rotatable bonds is 8. The second-order valence-electron chi connectivity index (χ2n) is 5.75. The van der Waals surface area contributed by atoms with Crippen molar-refractivity contribution in [2.24, 2.45) is 0 Å². The highest BCUT2D eigenvalue weighted by atomic mass is 35.5. The molecule has 2 aromatic carbocycles. The highest BCUT2D eigenvalue weighted by molar-refractivity contribution is 7.99. The molecule has 6 nitrogen and oxygen atoms in total. The number of carbonyl (C=O) groups is 1. The van der Waals surface area contributed by atoms with Gasteiger partial charge in [0.1, 0.15) is 0 Å². The van der Waals surface area contributed by atoms with E-state index in [2.05, 4.69) is 15.3 Å². The molecule has 0 saturated heterocycles. The molecule has 0 aliphatic carbocycles. The van der Waals surface area contributed by atoms with E-state index in [0.717, 1.165) is 16.4 Å². The molecule has 3 aromatic rings. The molecule has 146 valence electrons. The number of methoxy groups -OCH3 is 2. The Kier molecular flexibility index (Phi) is 6.84. The van der Waals surface area contributed by atoms with Gasteiger partial charge in [0.25, 0.3) is 5.91 Å². The van der Waals surface area contributed by atoms with Crippen LogP contribution in [0.4, 0.5) is 0 Å². The Morgan fingerprint density at radius 1 is 1.18 bits per heavy atom. The van der Waals surface area contributed by atoms with E-state index in [1.165, 1.54) is 26.0 Å². The maximum Gasteiger partial charge on any atom is 0.255 e. The highest BCUT2D eigenvalue weighted by Gasteiger charge is 2.15. The molecular formula is C20H20ClN3O3S. The molecule has 28 heavy (non-hydrogen) atoms. The van der Waals surface area contributed by atoms with Crippen LogP contribution in [0.15, 0.2) is 53.8 Å². The van der Waals surface area contributed by atoms with Crippen molar-refractivity contribution in [1.82, 2.24) is 15.3 Å². The smallest absolute Gasteiger partial charge is 0.255 e. The molecule has 0 radical (unpaired) electrons. The molecule has 0 spiro atoms. The fourth-order valence-corrected chi connectivity index (χ4v) is 3.46. The summed E-state index contributed by atoms with van der Waals surface area (Å²) in [6, 6.07) is 12.8. The van der Waals surface area contributed by atoms with Crippen LogP contribution >= 0.6 is 23.4 Å².